The maximum atomic E-state index is 12.9. The molecule has 0 atom stereocenters. The number of fused-ring (bicyclic) bond motifs is 1. The van der Waals surface area contributed by atoms with Gasteiger partial charge in [-0.05, 0) is 0 Å². The third-order valence-corrected chi connectivity index (χ3v) is 1.98. The molecular formula is C8H4ClFN2O. The lowest BCUT2D eigenvalue weighted by Crippen LogP contribution is -1.85. The number of rotatable bonds is 1. The highest BCUT2D eigenvalue weighted by atomic mass is 35.5. The number of carbonyl (C=O) groups excluding carboxylic acids is 1. The average molecular weight is 199 g/mol. The quantitative estimate of drug-likeness (QED) is 0.564. The summed E-state index contributed by atoms with van der Waals surface area (Å²) in [5.74, 6) is -0.603. The molecule has 1 N–H and O–H groups in total. The van der Waals surface area contributed by atoms with Gasteiger partial charge >= 0.3 is 0 Å². The summed E-state index contributed by atoms with van der Waals surface area (Å²) in [6.07, 6.45) is 2.10. The van der Waals surface area contributed by atoms with Gasteiger partial charge < -0.3 is 4.98 Å². The van der Waals surface area contributed by atoms with Crippen molar-refractivity contribution in [3.63, 3.8) is 0 Å². The molecule has 0 aromatic carbocycles. The molecule has 2 aromatic heterocycles. The first-order valence-electron chi connectivity index (χ1n) is 3.50. The normalized spacial score (nSPS) is 10.6. The molecule has 0 fully saturated rings. The molecule has 0 saturated heterocycles. The van der Waals surface area contributed by atoms with E-state index in [0.29, 0.717) is 22.9 Å². The number of aldehydes is 1. The zero-order chi connectivity index (χ0) is 9.42. The van der Waals surface area contributed by atoms with Crippen LogP contribution in [0.1, 0.15) is 10.4 Å². The van der Waals surface area contributed by atoms with Crippen LogP contribution < -0.4 is 0 Å². The fourth-order valence-corrected chi connectivity index (χ4v) is 1.25. The Kier molecular flexibility index (Phi) is 1.77. The van der Waals surface area contributed by atoms with Crippen molar-refractivity contribution in [2.45, 2.75) is 0 Å². The van der Waals surface area contributed by atoms with Crippen LogP contribution in [0, 0.1) is 5.82 Å². The topological polar surface area (TPSA) is 45.8 Å². The largest absolute Gasteiger partial charge is 0.359 e. The highest BCUT2D eigenvalue weighted by Crippen LogP contribution is 2.20. The predicted molar refractivity (Wildman–Crippen MR) is 46.4 cm³/mol. The third-order valence-electron chi connectivity index (χ3n) is 1.72. The van der Waals surface area contributed by atoms with E-state index in [1.165, 1.54) is 12.3 Å². The van der Waals surface area contributed by atoms with Crippen LogP contribution in [-0.2, 0) is 0 Å². The Labute approximate surface area is 77.5 Å². The van der Waals surface area contributed by atoms with Crippen molar-refractivity contribution in [3.05, 3.63) is 28.8 Å². The monoisotopic (exact) mass is 198 g/mol. The molecule has 0 spiro atoms. The van der Waals surface area contributed by atoms with E-state index >= 15 is 0 Å². The van der Waals surface area contributed by atoms with Crippen LogP contribution in [0.15, 0.2) is 12.3 Å². The third kappa shape index (κ3) is 1.19. The summed E-state index contributed by atoms with van der Waals surface area (Å²) in [7, 11) is 0. The maximum Gasteiger partial charge on any atom is 0.165 e. The molecule has 2 aromatic rings. The van der Waals surface area contributed by atoms with E-state index in [1.54, 1.807) is 0 Å². The second-order valence-electron chi connectivity index (χ2n) is 2.52. The number of halogens is 2. The van der Waals surface area contributed by atoms with Gasteiger partial charge in [-0.15, -0.1) is 0 Å². The molecule has 0 unspecified atom stereocenters. The molecule has 5 heteroatoms. The van der Waals surface area contributed by atoms with Gasteiger partial charge in [0.1, 0.15) is 5.52 Å². The zero-order valence-corrected chi connectivity index (χ0v) is 7.10. The SMILES string of the molecule is O=Cc1c[nH]c2cc(F)c(Cl)nc12. The van der Waals surface area contributed by atoms with Crippen molar-refractivity contribution in [2.24, 2.45) is 0 Å². The molecule has 0 aliphatic heterocycles. The summed E-state index contributed by atoms with van der Waals surface area (Å²) in [4.78, 5) is 16.9. The van der Waals surface area contributed by atoms with E-state index in [4.69, 9.17) is 11.6 Å². The van der Waals surface area contributed by atoms with Gasteiger partial charge in [0.2, 0.25) is 0 Å². The summed E-state index contributed by atoms with van der Waals surface area (Å²) < 4.78 is 12.9. The van der Waals surface area contributed by atoms with Crippen molar-refractivity contribution >= 4 is 28.9 Å². The second-order valence-corrected chi connectivity index (χ2v) is 2.88. The number of aromatic amines is 1. The highest BCUT2D eigenvalue weighted by Gasteiger charge is 2.08. The van der Waals surface area contributed by atoms with E-state index in [9.17, 15) is 9.18 Å². The fourth-order valence-electron chi connectivity index (χ4n) is 1.11. The number of pyridine rings is 1. The first kappa shape index (κ1) is 8.19. The van der Waals surface area contributed by atoms with Crippen molar-refractivity contribution in [1.82, 2.24) is 9.97 Å². The van der Waals surface area contributed by atoms with Crippen LogP contribution in [0.2, 0.25) is 5.15 Å². The molecule has 2 rings (SSSR count). The Bertz CT molecular complexity index is 480. The number of hydrogen-bond acceptors (Lipinski definition) is 2. The lowest BCUT2D eigenvalue weighted by molar-refractivity contribution is 0.112. The van der Waals surface area contributed by atoms with Gasteiger partial charge in [-0.1, -0.05) is 11.6 Å². The van der Waals surface area contributed by atoms with Crippen LogP contribution >= 0.6 is 11.6 Å². The summed E-state index contributed by atoms with van der Waals surface area (Å²) in [6.45, 7) is 0. The van der Waals surface area contributed by atoms with Crippen LogP contribution in [0.25, 0.3) is 11.0 Å². The second kappa shape index (κ2) is 2.81. The molecule has 2 heterocycles. The number of nitrogens with one attached hydrogen (secondary N) is 1. The van der Waals surface area contributed by atoms with Gasteiger partial charge in [-0.3, -0.25) is 4.79 Å². The molecule has 0 saturated carbocycles. The highest BCUT2D eigenvalue weighted by molar-refractivity contribution is 6.30. The number of aromatic nitrogens is 2. The van der Waals surface area contributed by atoms with Crippen molar-refractivity contribution < 1.29 is 9.18 Å². The predicted octanol–water partition coefficient (Wildman–Crippen LogP) is 2.17. The molecule has 0 aliphatic carbocycles. The molecule has 0 amide bonds. The van der Waals surface area contributed by atoms with Crippen LogP contribution in [-0.4, -0.2) is 16.3 Å². The van der Waals surface area contributed by atoms with Gasteiger partial charge in [0.25, 0.3) is 0 Å². The Hall–Kier alpha value is -1.42. The number of hydrogen-bond donors (Lipinski definition) is 1. The molecule has 3 nitrogen and oxygen atoms in total. The lowest BCUT2D eigenvalue weighted by atomic mass is 10.3. The van der Waals surface area contributed by atoms with E-state index < -0.39 is 5.82 Å². The Morgan fingerprint density at radius 2 is 2.38 bits per heavy atom. The van der Waals surface area contributed by atoms with E-state index in [-0.39, 0.29) is 5.15 Å². The van der Waals surface area contributed by atoms with Crippen LogP contribution in [0.3, 0.4) is 0 Å². The summed E-state index contributed by atoms with van der Waals surface area (Å²) in [5, 5.41) is -0.227. The Morgan fingerprint density at radius 3 is 3.08 bits per heavy atom. The van der Waals surface area contributed by atoms with E-state index in [0.717, 1.165) is 0 Å². The maximum absolute atomic E-state index is 12.9. The number of H-pyrrole nitrogens is 1. The standard InChI is InChI=1S/C8H4ClFN2O/c9-8-5(10)1-6-7(12-8)4(3-13)2-11-6/h1-3,11H. The molecule has 66 valence electrons. The first-order valence-corrected chi connectivity index (χ1v) is 3.88. The van der Waals surface area contributed by atoms with E-state index in [2.05, 4.69) is 9.97 Å². The zero-order valence-electron chi connectivity index (χ0n) is 6.34. The summed E-state index contributed by atoms with van der Waals surface area (Å²) >= 11 is 5.46. The molecule has 0 bridgehead atoms. The van der Waals surface area contributed by atoms with Gasteiger partial charge in [0.05, 0.1) is 11.1 Å². The van der Waals surface area contributed by atoms with Gasteiger partial charge in [-0.2, -0.15) is 0 Å². The van der Waals surface area contributed by atoms with Gasteiger partial charge in [0.15, 0.2) is 17.3 Å². The van der Waals surface area contributed by atoms with Crippen LogP contribution in [0.4, 0.5) is 4.39 Å². The Morgan fingerprint density at radius 1 is 1.62 bits per heavy atom. The molecule has 0 aliphatic rings. The lowest BCUT2D eigenvalue weighted by Gasteiger charge is -1.93. The average Bonchev–Trinajstić information content (AvgIpc) is 2.48. The summed E-state index contributed by atoms with van der Waals surface area (Å²) in [5.41, 5.74) is 1.22. The molecule has 13 heavy (non-hydrogen) atoms. The smallest absolute Gasteiger partial charge is 0.165 e. The van der Waals surface area contributed by atoms with Crippen molar-refractivity contribution in [2.75, 3.05) is 0 Å². The summed E-state index contributed by atoms with van der Waals surface area (Å²) in [6, 6.07) is 1.21. The Balaban J connectivity index is 2.84. The molecule has 0 radical (unpaired) electrons. The minimum absolute atomic E-state index is 0.227. The number of carbonyl (C=O) groups is 1. The fraction of sp³-hybridized carbons (Fsp3) is 0. The molecular weight excluding hydrogens is 195 g/mol. The van der Waals surface area contributed by atoms with Gasteiger partial charge in [-0.25, -0.2) is 9.37 Å². The minimum Gasteiger partial charge on any atom is -0.359 e. The van der Waals surface area contributed by atoms with Gasteiger partial charge in [0, 0.05) is 12.3 Å². The first-order chi connectivity index (χ1) is 6.22. The van der Waals surface area contributed by atoms with Crippen molar-refractivity contribution in [3.8, 4) is 0 Å². The minimum atomic E-state index is -0.603. The van der Waals surface area contributed by atoms with Crippen LogP contribution in [0.5, 0.6) is 0 Å². The number of nitrogens with zero attached hydrogens (tertiary/aromatic N) is 1. The van der Waals surface area contributed by atoms with E-state index in [1.807, 2.05) is 0 Å². The van der Waals surface area contributed by atoms with Crippen molar-refractivity contribution in [1.29, 1.82) is 0 Å².